The lowest BCUT2D eigenvalue weighted by molar-refractivity contribution is 0.163. The van der Waals surface area contributed by atoms with Gasteiger partial charge in [-0.25, -0.2) is 0 Å². The summed E-state index contributed by atoms with van der Waals surface area (Å²) in [6.45, 7) is 4.19. The first-order valence-electron chi connectivity index (χ1n) is 4.92. The molecule has 0 saturated heterocycles. The van der Waals surface area contributed by atoms with E-state index in [0.717, 1.165) is 12.3 Å². The molecule has 0 aliphatic heterocycles. The van der Waals surface area contributed by atoms with Gasteiger partial charge < -0.3 is 5.11 Å². The number of aliphatic hydroxyl groups is 1. The van der Waals surface area contributed by atoms with Gasteiger partial charge in [-0.05, 0) is 37.8 Å². The molecule has 1 saturated carbocycles. The Morgan fingerprint density at radius 2 is 2.23 bits per heavy atom. The number of hydrogen-bond donors (Lipinski definition) is 1. The van der Waals surface area contributed by atoms with Crippen LogP contribution in [0, 0.1) is 19.8 Å². The van der Waals surface area contributed by atoms with Crippen molar-refractivity contribution in [3.63, 3.8) is 0 Å². The Morgan fingerprint density at radius 1 is 1.54 bits per heavy atom. The molecular weight excluding hydrogens is 180 g/mol. The molecule has 1 atom stereocenters. The largest absolute Gasteiger partial charge is 0.388 e. The third-order valence-corrected chi connectivity index (χ3v) is 3.89. The number of aliphatic hydroxyl groups excluding tert-OH is 1. The van der Waals surface area contributed by atoms with E-state index in [4.69, 9.17) is 0 Å². The number of aryl methyl sites for hydroxylation is 2. The molecule has 2 rings (SSSR count). The van der Waals surface area contributed by atoms with Crippen LogP contribution < -0.4 is 0 Å². The minimum atomic E-state index is -0.203. The molecule has 1 aliphatic carbocycles. The molecule has 1 unspecified atom stereocenters. The van der Waals surface area contributed by atoms with Gasteiger partial charge in [0.05, 0.1) is 6.10 Å². The van der Waals surface area contributed by atoms with Crippen LogP contribution in [0.5, 0.6) is 0 Å². The molecule has 1 nitrogen and oxygen atoms in total. The smallest absolute Gasteiger partial charge is 0.0887 e. The number of hydrogen-bond acceptors (Lipinski definition) is 2. The predicted molar refractivity (Wildman–Crippen MR) is 56.1 cm³/mol. The van der Waals surface area contributed by atoms with E-state index in [-0.39, 0.29) is 6.10 Å². The van der Waals surface area contributed by atoms with Gasteiger partial charge in [-0.15, -0.1) is 11.3 Å². The highest BCUT2D eigenvalue weighted by atomic mass is 32.1. The molecule has 72 valence electrons. The summed E-state index contributed by atoms with van der Waals surface area (Å²) in [6.07, 6.45) is 3.41. The Morgan fingerprint density at radius 3 is 2.69 bits per heavy atom. The SMILES string of the molecule is Cc1cc(C)c(C(O)CC2CC2)s1. The lowest BCUT2D eigenvalue weighted by Crippen LogP contribution is -1.97. The summed E-state index contributed by atoms with van der Waals surface area (Å²) in [4.78, 5) is 2.49. The van der Waals surface area contributed by atoms with Crippen molar-refractivity contribution in [3.05, 3.63) is 21.4 Å². The van der Waals surface area contributed by atoms with E-state index >= 15 is 0 Å². The second-order valence-corrected chi connectivity index (χ2v) is 5.39. The summed E-state index contributed by atoms with van der Waals surface area (Å²) < 4.78 is 0. The average molecular weight is 196 g/mol. The van der Waals surface area contributed by atoms with Gasteiger partial charge in [0.15, 0.2) is 0 Å². The zero-order chi connectivity index (χ0) is 9.42. The van der Waals surface area contributed by atoms with Gasteiger partial charge in [0.25, 0.3) is 0 Å². The highest BCUT2D eigenvalue weighted by Crippen LogP contribution is 2.40. The van der Waals surface area contributed by atoms with Crippen LogP contribution in [0.1, 0.15) is 40.7 Å². The van der Waals surface area contributed by atoms with E-state index in [1.54, 1.807) is 11.3 Å². The van der Waals surface area contributed by atoms with E-state index in [0.29, 0.717) is 0 Å². The van der Waals surface area contributed by atoms with Crippen molar-refractivity contribution >= 4 is 11.3 Å². The highest BCUT2D eigenvalue weighted by Gasteiger charge is 2.26. The third-order valence-electron chi connectivity index (χ3n) is 2.64. The van der Waals surface area contributed by atoms with Gasteiger partial charge in [0, 0.05) is 9.75 Å². The molecule has 1 N–H and O–H groups in total. The van der Waals surface area contributed by atoms with Crippen molar-refractivity contribution in [2.75, 3.05) is 0 Å². The second kappa shape index (κ2) is 3.43. The maximum atomic E-state index is 9.94. The molecule has 1 aromatic heterocycles. The van der Waals surface area contributed by atoms with Crippen molar-refractivity contribution in [2.24, 2.45) is 5.92 Å². The monoisotopic (exact) mass is 196 g/mol. The van der Waals surface area contributed by atoms with Gasteiger partial charge in [0.1, 0.15) is 0 Å². The second-order valence-electron chi connectivity index (χ2n) is 4.10. The maximum Gasteiger partial charge on any atom is 0.0887 e. The minimum Gasteiger partial charge on any atom is -0.388 e. The van der Waals surface area contributed by atoms with Crippen LogP contribution >= 0.6 is 11.3 Å². The molecule has 0 aromatic carbocycles. The standard InChI is InChI=1S/C11H16OS/c1-7-5-8(2)13-11(7)10(12)6-9-3-4-9/h5,9-10,12H,3-4,6H2,1-2H3. The van der Waals surface area contributed by atoms with Gasteiger partial charge in [-0.2, -0.15) is 0 Å². The molecule has 1 fully saturated rings. The summed E-state index contributed by atoms with van der Waals surface area (Å²) in [6, 6.07) is 2.16. The summed E-state index contributed by atoms with van der Waals surface area (Å²) >= 11 is 1.74. The van der Waals surface area contributed by atoms with Gasteiger partial charge >= 0.3 is 0 Å². The Bertz CT molecular complexity index is 299. The van der Waals surface area contributed by atoms with E-state index in [2.05, 4.69) is 19.9 Å². The summed E-state index contributed by atoms with van der Waals surface area (Å²) in [7, 11) is 0. The third kappa shape index (κ3) is 2.12. The molecule has 0 bridgehead atoms. The van der Waals surface area contributed by atoms with Crippen molar-refractivity contribution in [1.29, 1.82) is 0 Å². The van der Waals surface area contributed by atoms with Crippen LogP contribution in [-0.2, 0) is 0 Å². The molecule has 1 heterocycles. The fourth-order valence-corrected chi connectivity index (χ4v) is 2.80. The van der Waals surface area contributed by atoms with Crippen LogP contribution in [0.3, 0.4) is 0 Å². The van der Waals surface area contributed by atoms with Crippen LogP contribution in [0.25, 0.3) is 0 Å². The van der Waals surface area contributed by atoms with E-state index in [1.165, 1.54) is 28.2 Å². The maximum absolute atomic E-state index is 9.94. The molecule has 0 radical (unpaired) electrons. The lowest BCUT2D eigenvalue weighted by atomic mass is 10.1. The lowest BCUT2D eigenvalue weighted by Gasteiger charge is -2.08. The van der Waals surface area contributed by atoms with Gasteiger partial charge in [0.2, 0.25) is 0 Å². The van der Waals surface area contributed by atoms with Crippen molar-refractivity contribution in [2.45, 2.75) is 39.2 Å². The summed E-state index contributed by atoms with van der Waals surface area (Å²) in [5, 5.41) is 9.94. The topological polar surface area (TPSA) is 20.2 Å². The molecule has 13 heavy (non-hydrogen) atoms. The minimum absolute atomic E-state index is 0.203. The van der Waals surface area contributed by atoms with Gasteiger partial charge in [-0.3, -0.25) is 0 Å². The Kier molecular flexibility index (Phi) is 2.43. The fraction of sp³-hybridized carbons (Fsp3) is 0.636. The zero-order valence-electron chi connectivity index (χ0n) is 8.21. The van der Waals surface area contributed by atoms with Crippen LogP contribution in [-0.4, -0.2) is 5.11 Å². The quantitative estimate of drug-likeness (QED) is 0.787. The first kappa shape index (κ1) is 9.22. The predicted octanol–water partition coefficient (Wildman–Crippen LogP) is 3.20. The van der Waals surface area contributed by atoms with E-state index < -0.39 is 0 Å². The molecule has 2 heteroatoms. The Balaban J connectivity index is 2.08. The Labute approximate surface area is 83.4 Å². The van der Waals surface area contributed by atoms with Crippen molar-refractivity contribution in [3.8, 4) is 0 Å². The van der Waals surface area contributed by atoms with E-state index in [1.807, 2.05) is 0 Å². The fourth-order valence-electron chi connectivity index (χ4n) is 1.77. The molecular formula is C11H16OS. The zero-order valence-corrected chi connectivity index (χ0v) is 9.03. The van der Waals surface area contributed by atoms with Crippen LogP contribution in [0.4, 0.5) is 0 Å². The van der Waals surface area contributed by atoms with Crippen molar-refractivity contribution in [1.82, 2.24) is 0 Å². The molecule has 1 aliphatic rings. The first-order valence-corrected chi connectivity index (χ1v) is 5.73. The Hall–Kier alpha value is -0.340. The van der Waals surface area contributed by atoms with Crippen molar-refractivity contribution < 1.29 is 5.11 Å². The highest BCUT2D eigenvalue weighted by molar-refractivity contribution is 7.12. The number of rotatable bonds is 3. The summed E-state index contributed by atoms with van der Waals surface area (Å²) in [5.41, 5.74) is 1.26. The normalized spacial score (nSPS) is 19.0. The molecule has 0 spiro atoms. The van der Waals surface area contributed by atoms with Gasteiger partial charge in [-0.1, -0.05) is 12.8 Å². The van der Waals surface area contributed by atoms with Crippen LogP contribution in [0.15, 0.2) is 6.07 Å². The molecule has 1 aromatic rings. The van der Waals surface area contributed by atoms with Crippen LogP contribution in [0.2, 0.25) is 0 Å². The number of thiophene rings is 1. The molecule has 0 amide bonds. The van der Waals surface area contributed by atoms with E-state index in [9.17, 15) is 5.11 Å². The average Bonchev–Trinajstić information content (AvgIpc) is 2.77. The summed E-state index contributed by atoms with van der Waals surface area (Å²) in [5.74, 6) is 0.803. The first-order chi connectivity index (χ1) is 6.16.